The first-order chi connectivity index (χ1) is 9.81. The number of halogens is 1. The zero-order valence-corrected chi connectivity index (χ0v) is 16.5. The minimum Gasteiger partial charge on any atom is -0.356 e. The van der Waals surface area contributed by atoms with Crippen LogP contribution in [0.4, 0.5) is 5.69 Å². The molecule has 6 nitrogen and oxygen atoms in total. The number of para-hydroxylation sites is 1. The highest BCUT2D eigenvalue weighted by Gasteiger charge is 2.07. The number of guanidine groups is 1. The van der Waals surface area contributed by atoms with E-state index in [-0.39, 0.29) is 24.0 Å². The fourth-order valence-corrected chi connectivity index (χ4v) is 2.27. The van der Waals surface area contributed by atoms with E-state index in [4.69, 9.17) is 0 Å². The first-order valence-corrected chi connectivity index (χ1v) is 8.71. The normalized spacial score (nSPS) is 11.8. The first-order valence-electron chi connectivity index (χ1n) is 6.82. The SMILES string of the molecule is CN=C(NCc1ccccc1NS(C)(=O)=O)NCC(C)C.I. The number of nitrogens with zero attached hydrogens (tertiary/aromatic N) is 1. The van der Waals surface area contributed by atoms with Gasteiger partial charge in [0.1, 0.15) is 0 Å². The number of sulfonamides is 1. The molecule has 0 atom stereocenters. The molecule has 22 heavy (non-hydrogen) atoms. The second-order valence-corrected chi connectivity index (χ2v) is 6.98. The Morgan fingerprint density at radius 2 is 1.86 bits per heavy atom. The van der Waals surface area contributed by atoms with Gasteiger partial charge < -0.3 is 10.6 Å². The molecule has 0 saturated carbocycles. The molecule has 0 saturated heterocycles. The molecule has 0 spiro atoms. The van der Waals surface area contributed by atoms with Crippen LogP contribution in [0.5, 0.6) is 0 Å². The average Bonchev–Trinajstić information content (AvgIpc) is 2.38. The van der Waals surface area contributed by atoms with Crippen molar-refractivity contribution < 1.29 is 8.42 Å². The molecule has 1 rings (SSSR count). The zero-order chi connectivity index (χ0) is 15.9. The molecule has 0 aliphatic heterocycles. The summed E-state index contributed by atoms with van der Waals surface area (Å²) in [6.45, 7) is 5.54. The highest BCUT2D eigenvalue weighted by atomic mass is 127. The minimum absolute atomic E-state index is 0. The van der Waals surface area contributed by atoms with Crippen molar-refractivity contribution >= 4 is 45.6 Å². The molecular formula is C14H25IN4O2S. The van der Waals surface area contributed by atoms with E-state index in [9.17, 15) is 8.42 Å². The van der Waals surface area contributed by atoms with Crippen LogP contribution in [0.2, 0.25) is 0 Å². The lowest BCUT2D eigenvalue weighted by atomic mass is 10.2. The van der Waals surface area contributed by atoms with Crippen LogP contribution in [0.25, 0.3) is 0 Å². The molecule has 0 radical (unpaired) electrons. The Kier molecular flexibility index (Phi) is 9.42. The van der Waals surface area contributed by atoms with Crippen molar-refractivity contribution in [1.82, 2.24) is 10.6 Å². The summed E-state index contributed by atoms with van der Waals surface area (Å²) in [7, 11) is -1.58. The lowest BCUT2D eigenvalue weighted by Gasteiger charge is -2.15. The van der Waals surface area contributed by atoms with Gasteiger partial charge in [0.25, 0.3) is 0 Å². The van der Waals surface area contributed by atoms with E-state index < -0.39 is 10.0 Å². The Balaban J connectivity index is 0.00000441. The van der Waals surface area contributed by atoms with Gasteiger partial charge in [0.05, 0.1) is 11.9 Å². The van der Waals surface area contributed by atoms with E-state index in [0.717, 1.165) is 18.4 Å². The largest absolute Gasteiger partial charge is 0.356 e. The number of anilines is 1. The Bertz CT molecular complexity index is 588. The number of aliphatic imine (C=N–C) groups is 1. The molecule has 0 heterocycles. The number of nitrogens with one attached hydrogen (secondary N) is 3. The van der Waals surface area contributed by atoms with Crippen molar-refractivity contribution in [2.24, 2.45) is 10.9 Å². The van der Waals surface area contributed by atoms with E-state index in [2.05, 4.69) is 34.2 Å². The fourth-order valence-electron chi connectivity index (χ4n) is 1.67. The summed E-state index contributed by atoms with van der Waals surface area (Å²) >= 11 is 0. The van der Waals surface area contributed by atoms with Crippen molar-refractivity contribution in [1.29, 1.82) is 0 Å². The quantitative estimate of drug-likeness (QED) is 0.359. The van der Waals surface area contributed by atoms with Crippen LogP contribution in [-0.4, -0.2) is 34.2 Å². The maximum Gasteiger partial charge on any atom is 0.229 e. The summed E-state index contributed by atoms with van der Waals surface area (Å²) in [5, 5.41) is 6.38. The zero-order valence-electron chi connectivity index (χ0n) is 13.4. The van der Waals surface area contributed by atoms with E-state index in [1.54, 1.807) is 19.2 Å². The molecule has 0 amide bonds. The van der Waals surface area contributed by atoms with Crippen molar-refractivity contribution in [2.75, 3.05) is 24.6 Å². The summed E-state index contributed by atoms with van der Waals surface area (Å²) in [6.07, 6.45) is 1.14. The van der Waals surface area contributed by atoms with Crippen LogP contribution < -0.4 is 15.4 Å². The standard InChI is InChI=1S/C14H24N4O2S.HI/c1-11(2)9-16-14(15-3)17-10-12-7-5-6-8-13(12)18-21(4,19)20;/h5-8,11,18H,9-10H2,1-4H3,(H2,15,16,17);1H. The molecule has 0 aliphatic carbocycles. The van der Waals surface area contributed by atoms with Crippen LogP contribution in [0, 0.1) is 5.92 Å². The summed E-state index contributed by atoms with van der Waals surface area (Å²) < 4.78 is 25.2. The van der Waals surface area contributed by atoms with Gasteiger partial charge in [-0.25, -0.2) is 8.42 Å². The predicted molar refractivity (Wildman–Crippen MR) is 103 cm³/mol. The number of rotatable bonds is 6. The van der Waals surface area contributed by atoms with Gasteiger partial charge >= 0.3 is 0 Å². The van der Waals surface area contributed by atoms with Crippen molar-refractivity contribution in [3.63, 3.8) is 0 Å². The second-order valence-electron chi connectivity index (χ2n) is 5.23. The molecule has 0 aromatic heterocycles. The first kappa shape index (κ1) is 21.0. The molecular weight excluding hydrogens is 415 g/mol. The maximum absolute atomic E-state index is 11.4. The van der Waals surface area contributed by atoms with Crippen LogP contribution in [0.15, 0.2) is 29.3 Å². The smallest absolute Gasteiger partial charge is 0.229 e. The molecule has 1 aromatic carbocycles. The fraction of sp³-hybridized carbons (Fsp3) is 0.500. The predicted octanol–water partition coefficient (Wildman–Crippen LogP) is 2.00. The summed E-state index contributed by atoms with van der Waals surface area (Å²) in [4.78, 5) is 4.14. The molecule has 0 bridgehead atoms. The molecule has 0 fully saturated rings. The lowest BCUT2D eigenvalue weighted by Crippen LogP contribution is -2.38. The van der Waals surface area contributed by atoms with Crippen molar-refractivity contribution in [2.45, 2.75) is 20.4 Å². The minimum atomic E-state index is -3.29. The van der Waals surface area contributed by atoms with Crippen molar-refractivity contribution in [3.8, 4) is 0 Å². The van der Waals surface area contributed by atoms with E-state index in [1.165, 1.54) is 0 Å². The lowest BCUT2D eigenvalue weighted by molar-refractivity contribution is 0.606. The third kappa shape index (κ3) is 8.42. The third-order valence-corrected chi connectivity index (χ3v) is 3.25. The van der Waals surface area contributed by atoms with Gasteiger partial charge in [0.15, 0.2) is 5.96 Å². The highest BCUT2D eigenvalue weighted by Crippen LogP contribution is 2.15. The van der Waals surface area contributed by atoms with Gasteiger partial charge in [0, 0.05) is 20.1 Å². The van der Waals surface area contributed by atoms with Crippen LogP contribution >= 0.6 is 24.0 Å². The van der Waals surface area contributed by atoms with E-state index in [1.807, 2.05) is 12.1 Å². The van der Waals surface area contributed by atoms with Crippen LogP contribution in [-0.2, 0) is 16.6 Å². The monoisotopic (exact) mass is 440 g/mol. The summed E-state index contributed by atoms with van der Waals surface area (Å²) in [6, 6.07) is 7.27. The Morgan fingerprint density at radius 1 is 1.23 bits per heavy atom. The van der Waals surface area contributed by atoms with Gasteiger partial charge in [-0.05, 0) is 17.5 Å². The average molecular weight is 440 g/mol. The maximum atomic E-state index is 11.4. The number of benzene rings is 1. The Morgan fingerprint density at radius 3 is 2.41 bits per heavy atom. The topological polar surface area (TPSA) is 82.6 Å². The van der Waals surface area contributed by atoms with E-state index in [0.29, 0.717) is 24.1 Å². The molecule has 8 heteroatoms. The van der Waals surface area contributed by atoms with Crippen LogP contribution in [0.3, 0.4) is 0 Å². The Hall–Kier alpha value is -1.03. The van der Waals surface area contributed by atoms with Gasteiger partial charge in [-0.3, -0.25) is 9.71 Å². The summed E-state index contributed by atoms with van der Waals surface area (Å²) in [5.41, 5.74) is 1.43. The molecule has 126 valence electrons. The third-order valence-electron chi connectivity index (χ3n) is 2.66. The van der Waals surface area contributed by atoms with Crippen LogP contribution in [0.1, 0.15) is 19.4 Å². The highest BCUT2D eigenvalue weighted by molar-refractivity contribution is 14.0. The van der Waals surface area contributed by atoms with Gasteiger partial charge in [-0.2, -0.15) is 0 Å². The van der Waals surface area contributed by atoms with Gasteiger partial charge in [-0.15, -0.1) is 24.0 Å². The number of hydrogen-bond acceptors (Lipinski definition) is 3. The van der Waals surface area contributed by atoms with Crippen molar-refractivity contribution in [3.05, 3.63) is 29.8 Å². The molecule has 3 N–H and O–H groups in total. The summed E-state index contributed by atoms with van der Waals surface area (Å²) in [5.74, 6) is 1.21. The van der Waals surface area contributed by atoms with Gasteiger partial charge in [-0.1, -0.05) is 32.0 Å². The van der Waals surface area contributed by atoms with Gasteiger partial charge in [0.2, 0.25) is 10.0 Å². The second kappa shape index (κ2) is 9.88. The Labute approximate surface area is 150 Å². The number of hydrogen-bond donors (Lipinski definition) is 3. The molecule has 0 aliphatic rings. The molecule has 1 aromatic rings. The molecule has 0 unspecified atom stereocenters. The van der Waals surface area contributed by atoms with E-state index >= 15 is 0 Å².